The largest absolute Gasteiger partial charge is 0.309 e. The number of aromatic nitrogens is 4. The number of benzene rings is 9. The zero-order valence-corrected chi connectivity index (χ0v) is 35.2. The van der Waals surface area contributed by atoms with Crippen molar-refractivity contribution in [1.82, 2.24) is 19.1 Å². The molecule has 9 aromatic carbocycles. The molecular weight excluding hydrogens is 781 g/mol. The number of fused-ring (bicyclic) bond motifs is 10. The average Bonchev–Trinajstić information content (AvgIpc) is 3.99. The summed E-state index contributed by atoms with van der Waals surface area (Å²) in [5.41, 5.74) is 12.3. The Morgan fingerprint density at radius 1 is 0.381 bits per heavy atom. The lowest BCUT2D eigenvalue weighted by Crippen LogP contribution is -2.73. The molecule has 0 fully saturated rings. The Morgan fingerprint density at radius 3 is 1.68 bits per heavy atom. The highest BCUT2D eigenvalue weighted by Crippen LogP contribution is 2.43. The van der Waals surface area contributed by atoms with Crippen LogP contribution in [0.5, 0.6) is 0 Å². The molecule has 294 valence electrons. The molecule has 0 atom stereocenters. The Bertz CT molecular complexity index is 3690. The molecule has 5 heteroatoms. The van der Waals surface area contributed by atoms with Crippen molar-refractivity contribution in [3.63, 3.8) is 0 Å². The smallest absolute Gasteiger partial charge is 0.203 e. The Kier molecular flexibility index (Phi) is 7.89. The van der Waals surface area contributed by atoms with Crippen LogP contribution in [0.2, 0.25) is 0 Å². The van der Waals surface area contributed by atoms with E-state index in [-0.39, 0.29) is 0 Å². The lowest BCUT2D eigenvalue weighted by Gasteiger charge is -2.30. The Hall–Kier alpha value is -8.12. The van der Waals surface area contributed by atoms with Gasteiger partial charge in [0.2, 0.25) is 8.07 Å². The van der Waals surface area contributed by atoms with Gasteiger partial charge in [0, 0.05) is 49.6 Å². The highest BCUT2D eigenvalue weighted by Gasteiger charge is 2.51. The summed E-state index contributed by atoms with van der Waals surface area (Å²) in [6, 6.07) is 83.7. The SMILES string of the molecule is c1ccc(-c2nc(-c3cccc(-n4c5ccccc5c5c4ccc4c6ccccc6n(-c6ccccc6)c45)c3)nc3c2-c2ccccc2[Si]3(c2ccccc2)c2ccccc2)cc1. The van der Waals surface area contributed by atoms with Crippen molar-refractivity contribution >= 4 is 72.6 Å². The van der Waals surface area contributed by atoms with Gasteiger partial charge in [0.05, 0.1) is 33.1 Å². The van der Waals surface area contributed by atoms with Crippen LogP contribution >= 0.6 is 0 Å². The third-order valence-electron chi connectivity index (χ3n) is 13.2. The van der Waals surface area contributed by atoms with Crippen LogP contribution in [0.4, 0.5) is 0 Å². The second-order valence-corrected chi connectivity index (χ2v) is 20.1. The third-order valence-corrected chi connectivity index (χ3v) is 17.9. The second kappa shape index (κ2) is 14.0. The minimum Gasteiger partial charge on any atom is -0.309 e. The number of hydrogen-bond acceptors (Lipinski definition) is 2. The van der Waals surface area contributed by atoms with Crippen molar-refractivity contribution in [2.24, 2.45) is 0 Å². The summed E-state index contributed by atoms with van der Waals surface area (Å²) < 4.78 is 4.87. The van der Waals surface area contributed by atoms with Gasteiger partial charge in [0.25, 0.3) is 0 Å². The molecule has 63 heavy (non-hydrogen) atoms. The summed E-state index contributed by atoms with van der Waals surface area (Å²) in [4.78, 5) is 11.4. The second-order valence-electron chi connectivity index (χ2n) is 16.5. The molecule has 0 unspecified atom stereocenters. The number of para-hydroxylation sites is 3. The molecule has 0 bridgehead atoms. The summed E-state index contributed by atoms with van der Waals surface area (Å²) in [6.07, 6.45) is 0. The topological polar surface area (TPSA) is 35.6 Å². The molecule has 0 spiro atoms. The molecule has 1 aliphatic rings. The first-order chi connectivity index (χ1) is 31.3. The van der Waals surface area contributed by atoms with E-state index in [1.54, 1.807) is 0 Å². The van der Waals surface area contributed by atoms with E-state index < -0.39 is 8.07 Å². The first-order valence-electron chi connectivity index (χ1n) is 21.6. The predicted molar refractivity (Wildman–Crippen MR) is 264 cm³/mol. The Labute approximate surface area is 365 Å². The van der Waals surface area contributed by atoms with Crippen molar-refractivity contribution < 1.29 is 0 Å². The maximum absolute atomic E-state index is 5.83. The lowest BCUT2D eigenvalue weighted by molar-refractivity contribution is 1.16. The standard InChI is InChI=1S/C58H38N4Si/c1-5-20-39(21-6-1)55-54-48-32-15-18-35-52(48)63(43-26-9-3-10-27-43,44-28-11-4-12-29-44)58(54)60-57(59-55)40-22-19-25-42(38-40)61-50-34-17-14-31-47(50)53-51(61)37-36-46-45-30-13-16-33-49(45)62(56(46)53)41-23-7-2-8-24-41/h1-38H. The molecular formula is C58H38N4Si. The van der Waals surface area contributed by atoms with Gasteiger partial charge in [-0.15, -0.1) is 0 Å². The lowest BCUT2D eigenvalue weighted by atomic mass is 10.0. The fourth-order valence-electron chi connectivity index (χ4n) is 10.6. The molecule has 0 radical (unpaired) electrons. The third kappa shape index (κ3) is 5.14. The highest BCUT2D eigenvalue weighted by molar-refractivity contribution is 7.21. The summed E-state index contributed by atoms with van der Waals surface area (Å²) in [5.74, 6) is 0.721. The fraction of sp³-hybridized carbons (Fsp3) is 0. The quantitative estimate of drug-likeness (QED) is 0.157. The number of nitrogens with zero attached hydrogens (tertiary/aromatic N) is 4. The van der Waals surface area contributed by atoms with Crippen LogP contribution in [0.15, 0.2) is 231 Å². The van der Waals surface area contributed by atoms with Crippen LogP contribution in [0.1, 0.15) is 0 Å². The molecule has 0 aliphatic carbocycles. The molecule has 13 rings (SSSR count). The fourth-order valence-corrected chi connectivity index (χ4v) is 15.6. The number of rotatable bonds is 6. The first-order valence-corrected chi connectivity index (χ1v) is 23.6. The van der Waals surface area contributed by atoms with E-state index in [1.165, 1.54) is 53.7 Å². The number of hydrogen-bond donors (Lipinski definition) is 0. The summed E-state index contributed by atoms with van der Waals surface area (Å²) in [5, 5.41) is 10.0. The van der Waals surface area contributed by atoms with Crippen molar-refractivity contribution in [3.05, 3.63) is 231 Å². The van der Waals surface area contributed by atoms with Crippen LogP contribution in [-0.2, 0) is 0 Å². The van der Waals surface area contributed by atoms with Gasteiger partial charge in [-0.3, -0.25) is 0 Å². The van der Waals surface area contributed by atoms with Gasteiger partial charge in [-0.1, -0.05) is 188 Å². The Balaban J connectivity index is 1.09. The maximum Gasteiger partial charge on any atom is 0.203 e. The van der Waals surface area contributed by atoms with Gasteiger partial charge in [-0.25, -0.2) is 9.97 Å². The van der Waals surface area contributed by atoms with Crippen molar-refractivity contribution in [1.29, 1.82) is 0 Å². The average molecular weight is 819 g/mol. The molecule has 1 aliphatic heterocycles. The van der Waals surface area contributed by atoms with Crippen molar-refractivity contribution in [2.75, 3.05) is 0 Å². The van der Waals surface area contributed by atoms with Crippen molar-refractivity contribution in [3.8, 4) is 45.1 Å². The molecule has 0 saturated heterocycles. The van der Waals surface area contributed by atoms with Gasteiger partial charge in [0.1, 0.15) is 0 Å². The minimum atomic E-state index is -2.93. The van der Waals surface area contributed by atoms with Crippen LogP contribution in [0.3, 0.4) is 0 Å². The van der Waals surface area contributed by atoms with E-state index >= 15 is 0 Å². The van der Waals surface area contributed by atoms with E-state index in [0.29, 0.717) is 0 Å². The van der Waals surface area contributed by atoms with Crippen LogP contribution in [-0.4, -0.2) is 27.2 Å². The maximum atomic E-state index is 5.83. The summed E-state index contributed by atoms with van der Waals surface area (Å²) in [6.45, 7) is 0. The molecule has 0 amide bonds. The highest BCUT2D eigenvalue weighted by atomic mass is 28.3. The van der Waals surface area contributed by atoms with Gasteiger partial charge in [-0.2, -0.15) is 0 Å². The molecule has 4 heterocycles. The van der Waals surface area contributed by atoms with Gasteiger partial charge in [-0.05, 0) is 63.6 Å². The van der Waals surface area contributed by atoms with Gasteiger partial charge in [0.15, 0.2) is 5.82 Å². The zero-order valence-electron chi connectivity index (χ0n) is 34.2. The summed E-state index contributed by atoms with van der Waals surface area (Å²) in [7, 11) is -2.93. The molecule has 0 saturated carbocycles. The van der Waals surface area contributed by atoms with Gasteiger partial charge >= 0.3 is 0 Å². The van der Waals surface area contributed by atoms with Crippen LogP contribution in [0.25, 0.3) is 88.8 Å². The molecule has 12 aromatic rings. The zero-order chi connectivity index (χ0) is 41.5. The van der Waals surface area contributed by atoms with E-state index in [4.69, 9.17) is 9.97 Å². The van der Waals surface area contributed by atoms with Crippen LogP contribution < -0.4 is 20.9 Å². The first kappa shape index (κ1) is 35.6. The Morgan fingerprint density at radius 2 is 0.952 bits per heavy atom. The van der Waals surface area contributed by atoms with Crippen molar-refractivity contribution in [2.45, 2.75) is 0 Å². The van der Waals surface area contributed by atoms with Gasteiger partial charge < -0.3 is 9.13 Å². The monoisotopic (exact) mass is 818 g/mol. The molecule has 0 N–H and O–H groups in total. The summed E-state index contributed by atoms with van der Waals surface area (Å²) >= 11 is 0. The normalized spacial score (nSPS) is 12.9. The van der Waals surface area contributed by atoms with E-state index in [2.05, 4.69) is 240 Å². The van der Waals surface area contributed by atoms with E-state index in [1.807, 2.05) is 0 Å². The van der Waals surface area contributed by atoms with Crippen LogP contribution in [0, 0.1) is 0 Å². The predicted octanol–water partition coefficient (Wildman–Crippen LogP) is 11.4. The molecule has 3 aromatic heterocycles. The molecule has 4 nitrogen and oxygen atoms in total. The van der Waals surface area contributed by atoms with E-state index in [9.17, 15) is 0 Å². The minimum absolute atomic E-state index is 0.721. The van der Waals surface area contributed by atoms with E-state index in [0.717, 1.165) is 55.9 Å².